The van der Waals surface area contributed by atoms with Gasteiger partial charge < -0.3 is 5.73 Å². The summed E-state index contributed by atoms with van der Waals surface area (Å²) in [7, 11) is 0. The zero-order valence-electron chi connectivity index (χ0n) is 11.2. The first-order chi connectivity index (χ1) is 10.2. The van der Waals surface area contributed by atoms with Gasteiger partial charge in [-0.15, -0.1) is 11.3 Å². The molecule has 5 nitrogen and oxygen atoms in total. The number of fused-ring (bicyclic) bond motifs is 2. The average molecular weight is 293 g/mol. The molecule has 0 aliphatic carbocycles. The van der Waals surface area contributed by atoms with Crippen LogP contribution in [0.15, 0.2) is 36.7 Å². The first-order valence-electron chi connectivity index (χ1n) is 6.45. The van der Waals surface area contributed by atoms with Crippen molar-refractivity contribution in [3.63, 3.8) is 0 Å². The molecule has 0 aliphatic heterocycles. The first kappa shape index (κ1) is 12.2. The zero-order chi connectivity index (χ0) is 14.4. The fourth-order valence-electron chi connectivity index (χ4n) is 2.30. The van der Waals surface area contributed by atoms with E-state index in [-0.39, 0.29) is 0 Å². The van der Waals surface area contributed by atoms with Crippen molar-refractivity contribution < 1.29 is 0 Å². The number of aryl methyl sites for hydroxylation is 1. The predicted molar refractivity (Wildman–Crippen MR) is 85.1 cm³/mol. The highest BCUT2D eigenvalue weighted by atomic mass is 32.1. The van der Waals surface area contributed by atoms with Crippen LogP contribution in [0.25, 0.3) is 32.6 Å². The summed E-state index contributed by atoms with van der Waals surface area (Å²) in [5, 5.41) is 0.918. The SMILES string of the molecule is Cc1cc2c(N)nc(-c3ccc4nccnc4c3)nc2s1. The second-order valence-electron chi connectivity index (χ2n) is 4.77. The van der Waals surface area contributed by atoms with Crippen molar-refractivity contribution in [2.45, 2.75) is 6.92 Å². The van der Waals surface area contributed by atoms with Crippen LogP contribution in [-0.4, -0.2) is 19.9 Å². The molecule has 0 saturated carbocycles. The molecule has 3 aromatic heterocycles. The van der Waals surface area contributed by atoms with Crippen molar-refractivity contribution in [3.05, 3.63) is 41.5 Å². The number of anilines is 1. The molecule has 6 heteroatoms. The molecular weight excluding hydrogens is 282 g/mol. The fraction of sp³-hybridized carbons (Fsp3) is 0.0667. The van der Waals surface area contributed by atoms with Gasteiger partial charge in [-0.05, 0) is 31.2 Å². The summed E-state index contributed by atoms with van der Waals surface area (Å²) in [6, 6.07) is 7.81. The van der Waals surface area contributed by atoms with Gasteiger partial charge >= 0.3 is 0 Å². The highest BCUT2D eigenvalue weighted by Gasteiger charge is 2.10. The maximum Gasteiger partial charge on any atom is 0.163 e. The van der Waals surface area contributed by atoms with Crippen LogP contribution in [-0.2, 0) is 0 Å². The summed E-state index contributed by atoms with van der Waals surface area (Å²) in [4.78, 5) is 19.7. The molecule has 21 heavy (non-hydrogen) atoms. The van der Waals surface area contributed by atoms with Crippen LogP contribution in [0.5, 0.6) is 0 Å². The van der Waals surface area contributed by atoms with Gasteiger partial charge in [-0.25, -0.2) is 9.97 Å². The van der Waals surface area contributed by atoms with Crippen molar-refractivity contribution in [1.29, 1.82) is 0 Å². The van der Waals surface area contributed by atoms with E-state index in [1.165, 1.54) is 4.88 Å². The Hall–Kier alpha value is -2.60. The normalized spacial score (nSPS) is 11.3. The Morgan fingerprint density at radius 2 is 1.81 bits per heavy atom. The minimum Gasteiger partial charge on any atom is -0.383 e. The molecule has 0 bridgehead atoms. The minimum atomic E-state index is 0.513. The number of nitrogens with zero attached hydrogens (tertiary/aromatic N) is 4. The van der Waals surface area contributed by atoms with Crippen LogP contribution in [0.3, 0.4) is 0 Å². The van der Waals surface area contributed by atoms with E-state index in [1.54, 1.807) is 23.7 Å². The number of hydrogen-bond acceptors (Lipinski definition) is 6. The minimum absolute atomic E-state index is 0.513. The van der Waals surface area contributed by atoms with E-state index in [4.69, 9.17) is 5.73 Å². The van der Waals surface area contributed by atoms with E-state index in [0.717, 1.165) is 26.8 Å². The Morgan fingerprint density at radius 1 is 1.00 bits per heavy atom. The predicted octanol–water partition coefficient (Wildman–Crippen LogP) is 3.19. The molecule has 4 aromatic rings. The summed E-state index contributed by atoms with van der Waals surface area (Å²) in [5.74, 6) is 1.13. The summed E-state index contributed by atoms with van der Waals surface area (Å²) >= 11 is 1.62. The lowest BCUT2D eigenvalue weighted by atomic mass is 10.2. The lowest BCUT2D eigenvalue weighted by Gasteiger charge is -2.03. The second-order valence-corrected chi connectivity index (χ2v) is 6.00. The van der Waals surface area contributed by atoms with E-state index in [0.29, 0.717) is 11.6 Å². The van der Waals surface area contributed by atoms with Gasteiger partial charge in [0.1, 0.15) is 10.6 Å². The molecule has 0 aliphatic rings. The van der Waals surface area contributed by atoms with Crippen LogP contribution in [0.2, 0.25) is 0 Å². The van der Waals surface area contributed by atoms with Crippen LogP contribution < -0.4 is 5.73 Å². The molecule has 102 valence electrons. The molecule has 0 spiro atoms. The Labute approximate surface area is 124 Å². The van der Waals surface area contributed by atoms with Gasteiger partial charge in [-0.1, -0.05) is 0 Å². The van der Waals surface area contributed by atoms with E-state index in [9.17, 15) is 0 Å². The van der Waals surface area contributed by atoms with Gasteiger partial charge in [0.05, 0.1) is 16.4 Å². The number of nitrogens with two attached hydrogens (primary N) is 1. The van der Waals surface area contributed by atoms with Crippen molar-refractivity contribution >= 4 is 38.4 Å². The Kier molecular flexibility index (Phi) is 2.58. The van der Waals surface area contributed by atoms with Crippen molar-refractivity contribution in [2.75, 3.05) is 5.73 Å². The topological polar surface area (TPSA) is 77.6 Å². The Morgan fingerprint density at radius 3 is 2.67 bits per heavy atom. The third kappa shape index (κ3) is 2.00. The van der Waals surface area contributed by atoms with Gasteiger partial charge in [0.25, 0.3) is 0 Å². The molecule has 4 rings (SSSR count). The maximum absolute atomic E-state index is 6.05. The number of nitrogen functional groups attached to an aromatic ring is 1. The monoisotopic (exact) mass is 293 g/mol. The molecule has 0 fully saturated rings. The van der Waals surface area contributed by atoms with E-state index >= 15 is 0 Å². The van der Waals surface area contributed by atoms with Crippen LogP contribution in [0.4, 0.5) is 5.82 Å². The number of aromatic nitrogens is 4. The molecule has 0 amide bonds. The molecule has 0 saturated heterocycles. The standard InChI is InChI=1S/C15H11N5S/c1-8-6-10-13(16)19-14(20-15(10)21-8)9-2-3-11-12(7-9)18-5-4-17-11/h2-7H,1H3,(H2,16,19,20). The summed E-state index contributed by atoms with van der Waals surface area (Å²) in [6.07, 6.45) is 3.35. The van der Waals surface area contributed by atoms with Crippen molar-refractivity contribution in [2.24, 2.45) is 0 Å². The molecular formula is C15H11N5S. The summed E-state index contributed by atoms with van der Waals surface area (Å²) in [6.45, 7) is 2.04. The molecule has 1 aromatic carbocycles. The third-order valence-corrected chi connectivity index (χ3v) is 4.22. The summed E-state index contributed by atoms with van der Waals surface area (Å²) in [5.41, 5.74) is 8.61. The highest BCUT2D eigenvalue weighted by molar-refractivity contribution is 7.18. The van der Waals surface area contributed by atoms with Crippen molar-refractivity contribution in [3.8, 4) is 11.4 Å². The van der Waals surface area contributed by atoms with E-state index in [2.05, 4.69) is 19.9 Å². The van der Waals surface area contributed by atoms with Crippen LogP contribution in [0, 0.1) is 6.92 Å². The largest absolute Gasteiger partial charge is 0.383 e. The first-order valence-corrected chi connectivity index (χ1v) is 7.27. The Bertz CT molecular complexity index is 976. The van der Waals surface area contributed by atoms with Gasteiger partial charge in [0.2, 0.25) is 0 Å². The molecule has 0 atom stereocenters. The number of benzene rings is 1. The highest BCUT2D eigenvalue weighted by Crippen LogP contribution is 2.29. The lowest BCUT2D eigenvalue weighted by molar-refractivity contribution is 1.24. The number of thiophene rings is 1. The van der Waals surface area contributed by atoms with Gasteiger partial charge in [0, 0.05) is 22.8 Å². The van der Waals surface area contributed by atoms with Crippen molar-refractivity contribution in [1.82, 2.24) is 19.9 Å². The quantitative estimate of drug-likeness (QED) is 0.583. The number of hydrogen-bond donors (Lipinski definition) is 1. The Balaban J connectivity index is 1.94. The van der Waals surface area contributed by atoms with Crippen LogP contribution >= 0.6 is 11.3 Å². The molecule has 3 heterocycles. The zero-order valence-corrected chi connectivity index (χ0v) is 12.1. The molecule has 0 unspecified atom stereocenters. The third-order valence-electron chi connectivity index (χ3n) is 3.27. The molecule has 2 N–H and O–H groups in total. The molecule has 0 radical (unpaired) electrons. The smallest absolute Gasteiger partial charge is 0.163 e. The average Bonchev–Trinajstić information content (AvgIpc) is 2.88. The van der Waals surface area contributed by atoms with Gasteiger partial charge in [-0.3, -0.25) is 9.97 Å². The maximum atomic E-state index is 6.05. The fourth-order valence-corrected chi connectivity index (χ4v) is 3.18. The second kappa shape index (κ2) is 4.46. The van der Waals surface area contributed by atoms with Gasteiger partial charge in [-0.2, -0.15) is 0 Å². The van der Waals surface area contributed by atoms with E-state index < -0.39 is 0 Å². The number of rotatable bonds is 1. The van der Waals surface area contributed by atoms with Gasteiger partial charge in [0.15, 0.2) is 5.82 Å². The van der Waals surface area contributed by atoms with Crippen LogP contribution in [0.1, 0.15) is 4.88 Å². The van der Waals surface area contributed by atoms with E-state index in [1.807, 2.05) is 31.2 Å². The summed E-state index contributed by atoms with van der Waals surface area (Å²) < 4.78 is 0. The lowest BCUT2D eigenvalue weighted by Crippen LogP contribution is -1.96.